The predicted octanol–water partition coefficient (Wildman–Crippen LogP) is 1.18. The molecule has 2 rings (SSSR count). The number of hydrogen-bond donors (Lipinski definition) is 3. The van der Waals surface area contributed by atoms with E-state index in [0.29, 0.717) is 18.7 Å². The molecule has 1 atom stereocenters. The number of carbonyl (C=O) groups is 1. The maximum Gasteiger partial charge on any atom is 0.317 e. The molecule has 2 amide bonds. The second kappa shape index (κ2) is 10.3. The zero-order valence-electron chi connectivity index (χ0n) is 14.5. The molecule has 0 aromatic heterocycles. The smallest absolute Gasteiger partial charge is 0.317 e. The van der Waals surface area contributed by atoms with Crippen LogP contribution in [0.1, 0.15) is 24.8 Å². The Morgan fingerprint density at radius 3 is 2.92 bits per heavy atom. The molecule has 1 unspecified atom stereocenters. The van der Waals surface area contributed by atoms with E-state index >= 15 is 0 Å². The highest BCUT2D eigenvalue weighted by Crippen LogP contribution is 2.11. The Labute approximate surface area is 148 Å². The molecule has 1 aromatic carbocycles. The Bertz CT molecular complexity index is 544. The third-order valence-electron chi connectivity index (χ3n) is 4.38. The Morgan fingerprint density at radius 1 is 1.40 bits per heavy atom. The summed E-state index contributed by atoms with van der Waals surface area (Å²) in [6, 6.07) is 6.01. The molecule has 0 spiro atoms. The van der Waals surface area contributed by atoms with Gasteiger partial charge in [-0.3, -0.25) is 0 Å². The largest absolute Gasteiger partial charge is 0.395 e. The zero-order chi connectivity index (χ0) is 18.1. The number of amides is 2. The van der Waals surface area contributed by atoms with Gasteiger partial charge in [-0.2, -0.15) is 0 Å². The number of likely N-dealkylation sites (tertiary alicyclic amines) is 1. The molecular formula is C18H28FN3O3. The van der Waals surface area contributed by atoms with Crippen LogP contribution in [0.3, 0.4) is 0 Å². The lowest BCUT2D eigenvalue weighted by Crippen LogP contribution is -2.43. The molecule has 1 aromatic rings. The zero-order valence-corrected chi connectivity index (χ0v) is 14.5. The lowest BCUT2D eigenvalue weighted by Gasteiger charge is -2.30. The van der Waals surface area contributed by atoms with Gasteiger partial charge in [0.25, 0.3) is 0 Å². The van der Waals surface area contributed by atoms with E-state index in [1.807, 2.05) is 0 Å². The van der Waals surface area contributed by atoms with E-state index in [-0.39, 0.29) is 37.6 Å². The van der Waals surface area contributed by atoms with E-state index in [1.54, 1.807) is 18.2 Å². The van der Waals surface area contributed by atoms with Gasteiger partial charge in [-0.15, -0.1) is 0 Å². The highest BCUT2D eigenvalue weighted by molar-refractivity contribution is 5.74. The third-order valence-corrected chi connectivity index (χ3v) is 4.38. The number of urea groups is 1. The molecule has 140 valence electrons. The van der Waals surface area contributed by atoms with Crippen molar-refractivity contribution in [3.05, 3.63) is 35.6 Å². The summed E-state index contributed by atoms with van der Waals surface area (Å²) in [4.78, 5) is 15.9. The number of halogens is 1. The van der Waals surface area contributed by atoms with Gasteiger partial charge in [-0.1, -0.05) is 18.2 Å². The quantitative estimate of drug-likeness (QED) is 0.614. The van der Waals surface area contributed by atoms with Crippen LogP contribution >= 0.6 is 0 Å². The topological polar surface area (TPSA) is 76.0 Å². The highest BCUT2D eigenvalue weighted by atomic mass is 19.1. The summed E-state index contributed by atoms with van der Waals surface area (Å²) in [5.74, 6) is -0.359. The van der Waals surface area contributed by atoms with Crippen LogP contribution < -0.4 is 5.32 Å². The second-order valence-electron chi connectivity index (χ2n) is 6.42. The number of β-amino-alcohol motifs (C(OH)–C–C–N with tert-alkyl or cyclic N) is 1. The molecule has 0 saturated carbocycles. The Hall–Kier alpha value is -1.70. The summed E-state index contributed by atoms with van der Waals surface area (Å²) in [7, 11) is 0. The number of nitrogens with zero attached hydrogens (tertiary/aromatic N) is 2. The summed E-state index contributed by atoms with van der Waals surface area (Å²) in [5, 5.41) is 21.6. The van der Waals surface area contributed by atoms with Crippen LogP contribution in [0, 0.1) is 5.82 Å². The first-order valence-corrected chi connectivity index (χ1v) is 8.87. The van der Waals surface area contributed by atoms with E-state index in [1.165, 1.54) is 11.0 Å². The van der Waals surface area contributed by atoms with Crippen LogP contribution in [0.15, 0.2) is 24.3 Å². The summed E-state index contributed by atoms with van der Waals surface area (Å²) in [6.45, 7) is 3.10. The average Bonchev–Trinajstić information content (AvgIpc) is 2.60. The molecule has 1 saturated heterocycles. The lowest BCUT2D eigenvalue weighted by molar-refractivity contribution is 0.0701. The maximum absolute atomic E-state index is 13.8. The standard InChI is InChI=1S/C18H28FN3O3/c19-17-7-2-1-5-15(17)13-22(11-12-23)18(25)20-8-4-10-21-9-3-6-16(24)14-21/h1-2,5,7,16,23-24H,3-4,6,8-14H2,(H,20,25). The van der Waals surface area contributed by atoms with Gasteiger partial charge >= 0.3 is 6.03 Å². The van der Waals surface area contributed by atoms with Gasteiger partial charge < -0.3 is 25.3 Å². The number of hydrogen-bond acceptors (Lipinski definition) is 4. The first kappa shape index (κ1) is 19.6. The van der Waals surface area contributed by atoms with Crippen molar-refractivity contribution in [3.8, 4) is 0 Å². The molecule has 25 heavy (non-hydrogen) atoms. The minimum Gasteiger partial charge on any atom is -0.395 e. The Balaban J connectivity index is 1.75. The van der Waals surface area contributed by atoms with Gasteiger partial charge in [0.2, 0.25) is 0 Å². The molecule has 3 N–H and O–H groups in total. The summed E-state index contributed by atoms with van der Waals surface area (Å²) in [6.07, 6.45) is 2.40. The number of nitrogens with one attached hydrogen (secondary N) is 1. The van der Waals surface area contributed by atoms with Crippen LogP contribution in [0.4, 0.5) is 9.18 Å². The van der Waals surface area contributed by atoms with Gasteiger partial charge in [0.1, 0.15) is 5.82 Å². The summed E-state index contributed by atoms with van der Waals surface area (Å²) < 4.78 is 13.8. The van der Waals surface area contributed by atoms with E-state index in [9.17, 15) is 14.3 Å². The van der Waals surface area contributed by atoms with Crippen molar-refractivity contribution in [2.24, 2.45) is 0 Å². The molecule has 0 aliphatic carbocycles. The average molecular weight is 353 g/mol. The van der Waals surface area contributed by atoms with Gasteiger partial charge in [0, 0.05) is 25.2 Å². The summed E-state index contributed by atoms with van der Waals surface area (Å²) in [5.41, 5.74) is 0.424. The maximum atomic E-state index is 13.8. The minimum atomic E-state index is -0.359. The van der Waals surface area contributed by atoms with Crippen LogP contribution in [-0.4, -0.2) is 71.5 Å². The van der Waals surface area contributed by atoms with Crippen molar-refractivity contribution >= 4 is 6.03 Å². The fourth-order valence-corrected chi connectivity index (χ4v) is 3.05. The molecule has 1 aliphatic rings. The molecule has 6 nitrogen and oxygen atoms in total. The number of rotatable bonds is 8. The number of aliphatic hydroxyl groups is 2. The van der Waals surface area contributed by atoms with E-state index < -0.39 is 0 Å². The number of carbonyl (C=O) groups excluding carboxylic acids is 1. The second-order valence-corrected chi connectivity index (χ2v) is 6.42. The van der Waals surface area contributed by atoms with Gasteiger partial charge in [0.15, 0.2) is 0 Å². The third kappa shape index (κ3) is 6.61. The van der Waals surface area contributed by atoms with Crippen molar-refractivity contribution in [2.75, 3.05) is 39.3 Å². The van der Waals surface area contributed by atoms with Gasteiger partial charge in [-0.05, 0) is 38.4 Å². The Morgan fingerprint density at radius 2 is 2.20 bits per heavy atom. The molecule has 1 aliphatic heterocycles. The monoisotopic (exact) mass is 353 g/mol. The molecule has 7 heteroatoms. The minimum absolute atomic E-state index is 0.122. The molecule has 1 fully saturated rings. The first-order chi connectivity index (χ1) is 12.1. The first-order valence-electron chi connectivity index (χ1n) is 8.87. The molecule has 1 heterocycles. The number of aliphatic hydroxyl groups excluding tert-OH is 2. The van der Waals surface area contributed by atoms with Crippen molar-refractivity contribution in [1.82, 2.24) is 15.1 Å². The lowest BCUT2D eigenvalue weighted by atomic mass is 10.1. The fraction of sp³-hybridized carbons (Fsp3) is 0.611. The van der Waals surface area contributed by atoms with Crippen LogP contribution in [0.2, 0.25) is 0 Å². The highest BCUT2D eigenvalue weighted by Gasteiger charge is 2.18. The van der Waals surface area contributed by atoms with E-state index in [0.717, 1.165) is 32.4 Å². The van der Waals surface area contributed by atoms with Crippen molar-refractivity contribution in [2.45, 2.75) is 31.9 Å². The number of piperidine rings is 1. The molecular weight excluding hydrogens is 325 g/mol. The fourth-order valence-electron chi connectivity index (χ4n) is 3.05. The van der Waals surface area contributed by atoms with E-state index in [2.05, 4.69) is 10.2 Å². The van der Waals surface area contributed by atoms with Crippen molar-refractivity contribution in [1.29, 1.82) is 0 Å². The summed E-state index contributed by atoms with van der Waals surface area (Å²) >= 11 is 0. The van der Waals surface area contributed by atoms with Gasteiger partial charge in [0.05, 0.1) is 19.3 Å². The molecule has 0 radical (unpaired) electrons. The van der Waals surface area contributed by atoms with Crippen molar-refractivity contribution in [3.63, 3.8) is 0 Å². The SMILES string of the molecule is O=C(NCCCN1CCCC(O)C1)N(CCO)Cc1ccccc1F. The van der Waals surface area contributed by atoms with E-state index in [4.69, 9.17) is 5.11 Å². The van der Waals surface area contributed by atoms with Crippen LogP contribution in [0.25, 0.3) is 0 Å². The number of benzene rings is 1. The predicted molar refractivity (Wildman–Crippen MR) is 93.6 cm³/mol. The normalized spacial score (nSPS) is 18.1. The van der Waals surface area contributed by atoms with Gasteiger partial charge in [-0.25, -0.2) is 9.18 Å². The van der Waals surface area contributed by atoms with Crippen LogP contribution in [0.5, 0.6) is 0 Å². The molecule has 0 bridgehead atoms. The van der Waals surface area contributed by atoms with Crippen molar-refractivity contribution < 1.29 is 19.4 Å². The Kier molecular flexibility index (Phi) is 8.11. The van der Waals surface area contributed by atoms with Crippen LogP contribution in [-0.2, 0) is 6.54 Å².